The SMILES string of the molecule is C#CCNNc1nc(C)n(-c2ccccc2C)c(=O)n1. The third-order valence-electron chi connectivity index (χ3n) is 2.73. The monoisotopic (exact) mass is 269 g/mol. The molecule has 0 fully saturated rings. The highest BCUT2D eigenvalue weighted by molar-refractivity contribution is 5.41. The highest BCUT2D eigenvalue weighted by Crippen LogP contribution is 2.12. The molecule has 1 aromatic carbocycles. The fourth-order valence-electron chi connectivity index (χ4n) is 1.83. The van der Waals surface area contributed by atoms with Crippen molar-refractivity contribution in [2.24, 2.45) is 0 Å². The average Bonchev–Trinajstić information content (AvgIpc) is 2.40. The Bertz CT molecular complexity index is 714. The van der Waals surface area contributed by atoms with Gasteiger partial charge in [0.2, 0.25) is 5.95 Å². The fraction of sp³-hybridized carbons (Fsp3) is 0.214. The number of hydrazine groups is 1. The van der Waals surface area contributed by atoms with Crippen molar-refractivity contribution in [3.8, 4) is 18.0 Å². The summed E-state index contributed by atoms with van der Waals surface area (Å²) in [4.78, 5) is 20.3. The van der Waals surface area contributed by atoms with Gasteiger partial charge in [0.15, 0.2) is 0 Å². The van der Waals surface area contributed by atoms with Crippen LogP contribution in [0.25, 0.3) is 5.69 Å². The van der Waals surface area contributed by atoms with E-state index in [1.165, 1.54) is 4.57 Å². The number of hydrogen-bond donors (Lipinski definition) is 2. The van der Waals surface area contributed by atoms with Crippen LogP contribution >= 0.6 is 0 Å². The fourth-order valence-corrected chi connectivity index (χ4v) is 1.83. The third kappa shape index (κ3) is 2.84. The molecule has 1 heterocycles. The van der Waals surface area contributed by atoms with Crippen molar-refractivity contribution in [2.45, 2.75) is 13.8 Å². The number of nitrogens with zero attached hydrogens (tertiary/aromatic N) is 3. The lowest BCUT2D eigenvalue weighted by molar-refractivity contribution is 0.785. The van der Waals surface area contributed by atoms with Crippen LogP contribution in [0.4, 0.5) is 5.95 Å². The molecule has 0 spiro atoms. The molecular weight excluding hydrogens is 254 g/mol. The van der Waals surface area contributed by atoms with Gasteiger partial charge < -0.3 is 0 Å². The number of terminal acetylenes is 1. The smallest absolute Gasteiger partial charge is 0.289 e. The number of rotatable bonds is 4. The largest absolute Gasteiger partial charge is 0.356 e. The summed E-state index contributed by atoms with van der Waals surface area (Å²) in [7, 11) is 0. The zero-order valence-electron chi connectivity index (χ0n) is 11.3. The Balaban J connectivity index is 2.40. The van der Waals surface area contributed by atoms with Crippen molar-refractivity contribution < 1.29 is 0 Å². The maximum atomic E-state index is 12.1. The quantitative estimate of drug-likeness (QED) is 0.488. The van der Waals surface area contributed by atoms with E-state index < -0.39 is 5.69 Å². The first kappa shape index (κ1) is 13.8. The molecule has 0 unspecified atom stereocenters. The van der Waals surface area contributed by atoms with Crippen LogP contribution in [-0.4, -0.2) is 21.1 Å². The van der Waals surface area contributed by atoms with E-state index in [0.717, 1.165) is 11.3 Å². The number of hydrogen-bond acceptors (Lipinski definition) is 5. The number of nitrogens with one attached hydrogen (secondary N) is 2. The van der Waals surface area contributed by atoms with E-state index >= 15 is 0 Å². The summed E-state index contributed by atoms with van der Waals surface area (Å²) >= 11 is 0. The second-order valence-corrected chi connectivity index (χ2v) is 4.18. The molecule has 0 aliphatic rings. The summed E-state index contributed by atoms with van der Waals surface area (Å²) in [5, 5.41) is 0. The lowest BCUT2D eigenvalue weighted by Crippen LogP contribution is -2.30. The molecule has 6 heteroatoms. The van der Waals surface area contributed by atoms with Crippen molar-refractivity contribution in [2.75, 3.05) is 12.0 Å². The lowest BCUT2D eigenvalue weighted by atomic mass is 10.2. The molecule has 102 valence electrons. The minimum absolute atomic E-state index is 0.201. The first-order valence-corrected chi connectivity index (χ1v) is 6.09. The zero-order valence-corrected chi connectivity index (χ0v) is 11.3. The van der Waals surface area contributed by atoms with E-state index in [-0.39, 0.29) is 5.95 Å². The minimum atomic E-state index is -0.392. The van der Waals surface area contributed by atoms with E-state index in [1.54, 1.807) is 6.92 Å². The maximum Gasteiger partial charge on any atom is 0.356 e. The molecule has 0 atom stereocenters. The molecule has 0 saturated heterocycles. The topological polar surface area (TPSA) is 71.8 Å². The second-order valence-electron chi connectivity index (χ2n) is 4.18. The molecule has 2 rings (SSSR count). The van der Waals surface area contributed by atoms with E-state index in [9.17, 15) is 4.79 Å². The van der Waals surface area contributed by atoms with Crippen LogP contribution < -0.4 is 16.5 Å². The van der Waals surface area contributed by atoms with Crippen LogP contribution in [-0.2, 0) is 0 Å². The van der Waals surface area contributed by atoms with Crippen LogP contribution in [0, 0.1) is 26.2 Å². The lowest BCUT2D eigenvalue weighted by Gasteiger charge is -2.12. The molecule has 6 nitrogen and oxygen atoms in total. The Morgan fingerprint density at radius 2 is 2.05 bits per heavy atom. The predicted molar refractivity (Wildman–Crippen MR) is 77.6 cm³/mol. The highest BCUT2D eigenvalue weighted by atomic mass is 16.1. The number of benzene rings is 1. The molecule has 0 radical (unpaired) electrons. The van der Waals surface area contributed by atoms with Gasteiger partial charge in [-0.15, -0.1) is 6.42 Å². The molecule has 2 N–H and O–H groups in total. The van der Waals surface area contributed by atoms with Gasteiger partial charge in [0.05, 0.1) is 12.2 Å². The third-order valence-corrected chi connectivity index (χ3v) is 2.73. The molecule has 1 aromatic heterocycles. The number of aryl methyl sites for hydroxylation is 2. The van der Waals surface area contributed by atoms with Crippen molar-refractivity contribution in [1.82, 2.24) is 20.0 Å². The Labute approximate surface area is 116 Å². The first-order chi connectivity index (χ1) is 9.63. The molecule has 20 heavy (non-hydrogen) atoms. The molecule has 0 aliphatic carbocycles. The maximum absolute atomic E-state index is 12.1. The summed E-state index contributed by atoms with van der Waals surface area (Å²) in [5.74, 6) is 3.15. The Morgan fingerprint density at radius 3 is 2.70 bits per heavy atom. The van der Waals surface area contributed by atoms with Gasteiger partial charge >= 0.3 is 5.69 Å². The number of anilines is 1. The van der Waals surface area contributed by atoms with Gasteiger partial charge in [-0.1, -0.05) is 24.1 Å². The molecule has 0 saturated carbocycles. The number of aromatic nitrogens is 3. The van der Waals surface area contributed by atoms with Crippen molar-refractivity contribution >= 4 is 5.95 Å². The zero-order chi connectivity index (χ0) is 14.5. The summed E-state index contributed by atoms with van der Waals surface area (Å²) in [6.07, 6.45) is 5.11. The van der Waals surface area contributed by atoms with E-state index in [2.05, 4.69) is 26.7 Å². The van der Waals surface area contributed by atoms with Gasteiger partial charge in [-0.3, -0.25) is 5.43 Å². The van der Waals surface area contributed by atoms with E-state index in [4.69, 9.17) is 6.42 Å². The van der Waals surface area contributed by atoms with Gasteiger partial charge in [-0.25, -0.2) is 14.8 Å². The minimum Gasteiger partial charge on any atom is -0.289 e. The standard InChI is InChI=1S/C14H15N5O/c1-4-9-15-18-13-16-11(3)19(14(20)17-13)12-8-6-5-7-10(12)2/h1,5-8,15H,9H2,2-3H3,(H,17,18,20). The van der Waals surface area contributed by atoms with Gasteiger partial charge in [-0.05, 0) is 25.5 Å². The van der Waals surface area contributed by atoms with Crippen molar-refractivity contribution in [3.05, 3.63) is 46.1 Å². The summed E-state index contributed by atoms with van der Waals surface area (Å²) in [5.41, 5.74) is 6.77. The normalized spacial score (nSPS) is 10.1. The summed E-state index contributed by atoms with van der Waals surface area (Å²) < 4.78 is 1.47. The van der Waals surface area contributed by atoms with Gasteiger partial charge in [-0.2, -0.15) is 9.97 Å². The Kier molecular flexibility index (Phi) is 4.13. The summed E-state index contributed by atoms with van der Waals surface area (Å²) in [6, 6.07) is 7.58. The molecule has 0 amide bonds. The molecule has 2 aromatic rings. The van der Waals surface area contributed by atoms with E-state index in [0.29, 0.717) is 12.4 Å². The van der Waals surface area contributed by atoms with Crippen LogP contribution in [0.3, 0.4) is 0 Å². The van der Waals surface area contributed by atoms with Crippen LogP contribution in [0.5, 0.6) is 0 Å². The van der Waals surface area contributed by atoms with Gasteiger partial charge in [0.1, 0.15) is 5.82 Å². The molecule has 0 aliphatic heterocycles. The molecule has 0 bridgehead atoms. The predicted octanol–water partition coefficient (Wildman–Crippen LogP) is 0.794. The van der Waals surface area contributed by atoms with Crippen LogP contribution in [0.1, 0.15) is 11.4 Å². The average molecular weight is 269 g/mol. The molecular formula is C14H15N5O. The summed E-state index contributed by atoms with van der Waals surface area (Å²) in [6.45, 7) is 3.99. The van der Waals surface area contributed by atoms with Crippen molar-refractivity contribution in [3.63, 3.8) is 0 Å². The Hall–Kier alpha value is -2.65. The second kappa shape index (κ2) is 5.99. The van der Waals surface area contributed by atoms with E-state index in [1.807, 2.05) is 31.2 Å². The first-order valence-electron chi connectivity index (χ1n) is 6.09. The van der Waals surface area contributed by atoms with Crippen molar-refractivity contribution in [1.29, 1.82) is 0 Å². The highest BCUT2D eigenvalue weighted by Gasteiger charge is 2.09. The van der Waals surface area contributed by atoms with Crippen LogP contribution in [0.2, 0.25) is 0 Å². The Morgan fingerprint density at radius 1 is 1.30 bits per heavy atom. The number of para-hydroxylation sites is 1. The van der Waals surface area contributed by atoms with Gasteiger partial charge in [0, 0.05) is 0 Å². The van der Waals surface area contributed by atoms with Crippen LogP contribution in [0.15, 0.2) is 29.1 Å². The van der Waals surface area contributed by atoms with Gasteiger partial charge in [0.25, 0.3) is 0 Å².